The lowest BCUT2D eigenvalue weighted by molar-refractivity contribution is 0.250. The lowest BCUT2D eigenvalue weighted by Gasteiger charge is -2.15. The van der Waals surface area contributed by atoms with Gasteiger partial charge in [-0.3, -0.25) is 0 Å². The summed E-state index contributed by atoms with van der Waals surface area (Å²) in [5.74, 6) is 1.92. The van der Waals surface area contributed by atoms with E-state index in [-0.39, 0.29) is 5.82 Å². The van der Waals surface area contributed by atoms with Crippen LogP contribution in [0.5, 0.6) is 11.5 Å². The Morgan fingerprint density at radius 2 is 1.78 bits per heavy atom. The summed E-state index contributed by atoms with van der Waals surface area (Å²) < 4.78 is 25.3. The number of rotatable bonds is 10. The van der Waals surface area contributed by atoms with E-state index in [1.54, 1.807) is 6.07 Å². The molecule has 0 saturated carbocycles. The van der Waals surface area contributed by atoms with Gasteiger partial charge in [-0.05, 0) is 73.4 Å². The van der Waals surface area contributed by atoms with Crippen molar-refractivity contribution in [1.29, 1.82) is 0 Å². The topological polar surface area (TPSA) is 18.5 Å². The molecular weight excluding hydrogens is 363 g/mol. The van der Waals surface area contributed by atoms with E-state index in [0.29, 0.717) is 35.8 Å². The minimum absolute atomic E-state index is 0.239. The van der Waals surface area contributed by atoms with Crippen molar-refractivity contribution in [3.63, 3.8) is 0 Å². The van der Waals surface area contributed by atoms with Gasteiger partial charge in [-0.15, -0.1) is 0 Å². The first-order valence-electron chi connectivity index (χ1n) is 9.64. The summed E-state index contributed by atoms with van der Waals surface area (Å²) in [5.41, 5.74) is 2.10. The van der Waals surface area contributed by atoms with Gasteiger partial charge in [0.25, 0.3) is 0 Å². The van der Waals surface area contributed by atoms with E-state index in [4.69, 9.17) is 21.1 Å². The van der Waals surface area contributed by atoms with E-state index in [9.17, 15) is 4.39 Å². The van der Waals surface area contributed by atoms with Gasteiger partial charge in [0.1, 0.15) is 17.3 Å². The maximum Gasteiger partial charge on any atom is 0.138 e. The van der Waals surface area contributed by atoms with Gasteiger partial charge in [0, 0.05) is 6.07 Å². The van der Waals surface area contributed by atoms with Crippen LogP contribution in [0.3, 0.4) is 0 Å². The second-order valence-electron chi connectivity index (χ2n) is 7.74. The molecule has 0 fully saturated rings. The summed E-state index contributed by atoms with van der Waals surface area (Å²) in [6.07, 6.45) is 2.80. The first-order chi connectivity index (χ1) is 12.8. The molecule has 2 aromatic rings. The highest BCUT2D eigenvalue weighted by molar-refractivity contribution is 6.32. The number of ether oxygens (including phenoxy) is 2. The number of halogens is 2. The molecule has 0 spiro atoms. The van der Waals surface area contributed by atoms with Gasteiger partial charge < -0.3 is 9.47 Å². The lowest BCUT2D eigenvalue weighted by Crippen LogP contribution is -2.09. The Morgan fingerprint density at radius 1 is 1.00 bits per heavy atom. The van der Waals surface area contributed by atoms with Crippen molar-refractivity contribution in [2.24, 2.45) is 11.8 Å². The number of hydrogen-bond donors (Lipinski definition) is 0. The average Bonchev–Trinajstić information content (AvgIpc) is 2.60. The molecule has 0 amide bonds. The largest absolute Gasteiger partial charge is 0.493 e. The van der Waals surface area contributed by atoms with Crippen LogP contribution in [0.2, 0.25) is 5.02 Å². The van der Waals surface area contributed by atoms with E-state index in [0.717, 1.165) is 36.1 Å². The molecule has 0 saturated heterocycles. The number of hydrogen-bond acceptors (Lipinski definition) is 2. The highest BCUT2D eigenvalue weighted by Gasteiger charge is 2.08. The van der Waals surface area contributed by atoms with Gasteiger partial charge in [-0.25, -0.2) is 4.39 Å². The van der Waals surface area contributed by atoms with Crippen molar-refractivity contribution in [1.82, 2.24) is 0 Å². The van der Waals surface area contributed by atoms with E-state index in [2.05, 4.69) is 20.8 Å². The molecule has 0 heterocycles. The summed E-state index contributed by atoms with van der Waals surface area (Å²) >= 11 is 6.17. The summed E-state index contributed by atoms with van der Waals surface area (Å²) in [7, 11) is 0. The van der Waals surface area contributed by atoms with Crippen molar-refractivity contribution < 1.29 is 13.9 Å². The molecule has 1 atom stereocenters. The zero-order valence-electron chi connectivity index (χ0n) is 16.7. The lowest BCUT2D eigenvalue weighted by atomic mass is 10.0. The molecular formula is C23H30ClFO2. The predicted molar refractivity (Wildman–Crippen MR) is 111 cm³/mol. The SMILES string of the molecule is Cc1ccc(Cl)c(OCC(C)CCCc2cc(F)cc(OCC(C)C)c2)c1. The molecule has 2 aromatic carbocycles. The highest BCUT2D eigenvalue weighted by Crippen LogP contribution is 2.26. The van der Waals surface area contributed by atoms with Crippen molar-refractivity contribution >= 4 is 11.6 Å². The molecule has 0 aromatic heterocycles. The molecule has 0 aliphatic heterocycles. The first-order valence-corrected chi connectivity index (χ1v) is 10.0. The van der Waals surface area contributed by atoms with Crippen molar-refractivity contribution in [2.75, 3.05) is 13.2 Å². The summed E-state index contributed by atoms with van der Waals surface area (Å²) in [6, 6.07) is 10.8. The fourth-order valence-electron chi connectivity index (χ4n) is 2.80. The minimum Gasteiger partial charge on any atom is -0.493 e. The van der Waals surface area contributed by atoms with Crippen LogP contribution < -0.4 is 9.47 Å². The standard InChI is InChI=1S/C23H30ClFO2/c1-16(2)14-26-21-12-19(11-20(25)13-21)7-5-6-18(4)15-27-23-10-17(3)8-9-22(23)24/h8-13,16,18H,5-7,14-15H2,1-4H3. The fraction of sp³-hybridized carbons (Fsp3) is 0.478. The Bertz CT molecular complexity index is 730. The molecule has 1 unspecified atom stereocenters. The molecule has 0 radical (unpaired) electrons. The monoisotopic (exact) mass is 392 g/mol. The molecule has 0 aliphatic rings. The maximum atomic E-state index is 13.8. The van der Waals surface area contributed by atoms with Gasteiger partial charge in [-0.2, -0.15) is 0 Å². The minimum atomic E-state index is -0.239. The van der Waals surface area contributed by atoms with Crippen LogP contribution in [0, 0.1) is 24.6 Å². The van der Waals surface area contributed by atoms with Crippen molar-refractivity contribution in [3.05, 3.63) is 58.4 Å². The highest BCUT2D eigenvalue weighted by atomic mass is 35.5. The molecule has 0 bridgehead atoms. The zero-order chi connectivity index (χ0) is 19.8. The molecule has 0 N–H and O–H groups in total. The third-order valence-corrected chi connectivity index (χ3v) is 4.60. The van der Waals surface area contributed by atoms with Crippen molar-refractivity contribution in [3.8, 4) is 11.5 Å². The smallest absolute Gasteiger partial charge is 0.138 e. The second-order valence-corrected chi connectivity index (χ2v) is 8.15. The third-order valence-electron chi connectivity index (χ3n) is 4.29. The van der Waals surface area contributed by atoms with Gasteiger partial charge in [0.15, 0.2) is 0 Å². The van der Waals surface area contributed by atoms with Crippen LogP contribution in [0.25, 0.3) is 0 Å². The molecule has 0 aliphatic carbocycles. The van der Waals surface area contributed by atoms with Gasteiger partial charge in [-0.1, -0.05) is 38.4 Å². The predicted octanol–water partition coefficient (Wildman–Crippen LogP) is 6.86. The summed E-state index contributed by atoms with van der Waals surface area (Å²) in [5, 5.41) is 0.640. The molecule has 2 nitrogen and oxygen atoms in total. The van der Waals surface area contributed by atoms with Gasteiger partial charge in [0.2, 0.25) is 0 Å². The molecule has 148 valence electrons. The second kappa shape index (κ2) is 10.6. The third kappa shape index (κ3) is 7.80. The van der Waals surface area contributed by atoms with E-state index in [1.807, 2.05) is 31.2 Å². The van der Waals surface area contributed by atoms with Crippen LogP contribution in [0.4, 0.5) is 4.39 Å². The summed E-state index contributed by atoms with van der Waals surface area (Å²) in [4.78, 5) is 0. The Kier molecular flexibility index (Phi) is 8.43. The molecule has 27 heavy (non-hydrogen) atoms. The Hall–Kier alpha value is -1.74. The van der Waals surface area contributed by atoms with Crippen LogP contribution in [-0.4, -0.2) is 13.2 Å². The van der Waals surface area contributed by atoms with E-state index in [1.165, 1.54) is 6.07 Å². The Morgan fingerprint density at radius 3 is 2.52 bits per heavy atom. The van der Waals surface area contributed by atoms with Crippen LogP contribution >= 0.6 is 11.6 Å². The Balaban J connectivity index is 1.79. The van der Waals surface area contributed by atoms with Gasteiger partial charge >= 0.3 is 0 Å². The van der Waals surface area contributed by atoms with Crippen LogP contribution in [-0.2, 0) is 6.42 Å². The maximum absolute atomic E-state index is 13.8. The quantitative estimate of drug-likeness (QED) is 0.439. The summed E-state index contributed by atoms with van der Waals surface area (Å²) in [6.45, 7) is 9.55. The normalized spacial score (nSPS) is 12.3. The molecule has 4 heteroatoms. The average molecular weight is 393 g/mol. The first kappa shape index (κ1) is 21.6. The number of aryl methyl sites for hydroxylation is 2. The van der Waals surface area contributed by atoms with Crippen LogP contribution in [0.1, 0.15) is 44.7 Å². The number of benzene rings is 2. The zero-order valence-corrected chi connectivity index (χ0v) is 17.5. The van der Waals surface area contributed by atoms with E-state index >= 15 is 0 Å². The fourth-order valence-corrected chi connectivity index (χ4v) is 2.97. The Labute approximate surface area is 167 Å². The van der Waals surface area contributed by atoms with Crippen LogP contribution in [0.15, 0.2) is 36.4 Å². The van der Waals surface area contributed by atoms with E-state index < -0.39 is 0 Å². The molecule has 2 rings (SSSR count). The van der Waals surface area contributed by atoms with Gasteiger partial charge in [0.05, 0.1) is 18.2 Å². The van der Waals surface area contributed by atoms with Crippen molar-refractivity contribution in [2.45, 2.75) is 47.0 Å².